The zero-order valence-corrected chi connectivity index (χ0v) is 6.50. The fraction of sp³-hybridized carbons (Fsp3) is 0.400. The van der Waals surface area contributed by atoms with Gasteiger partial charge in [-0.1, -0.05) is 0 Å². The van der Waals surface area contributed by atoms with Gasteiger partial charge in [0.1, 0.15) is 5.76 Å². The highest BCUT2D eigenvalue weighted by atomic mass is 35.5. The Kier molecular flexibility index (Phi) is 3.66. The van der Waals surface area contributed by atoms with E-state index in [0.29, 0.717) is 11.8 Å². The number of oxazole rings is 1. The maximum absolute atomic E-state index is 5.41. The van der Waals surface area contributed by atoms with Gasteiger partial charge in [-0.25, -0.2) is 4.98 Å². The summed E-state index contributed by atoms with van der Waals surface area (Å²) in [6, 6.07) is 0. The number of rotatable bonds is 1. The third kappa shape index (κ3) is 2.24. The highest BCUT2D eigenvalue weighted by Crippen LogP contribution is 2.03. The number of aryl methyl sites for hydroxylation is 1. The monoisotopic (exact) mass is 167 g/mol. The molecule has 1 aromatic heterocycles. The molecule has 1 heterocycles. The van der Waals surface area contributed by atoms with Crippen LogP contribution >= 0.6 is 24.0 Å². The summed E-state index contributed by atoms with van der Waals surface area (Å²) in [5, 5.41) is 0. The predicted octanol–water partition coefficient (Wildman–Crippen LogP) is 2.14. The van der Waals surface area contributed by atoms with Crippen molar-refractivity contribution in [2.24, 2.45) is 0 Å². The zero-order chi connectivity index (χ0) is 5.98. The van der Waals surface area contributed by atoms with Crippen LogP contribution < -0.4 is 0 Å². The van der Waals surface area contributed by atoms with Gasteiger partial charge in [-0.2, -0.15) is 0 Å². The molecule has 0 aromatic carbocycles. The van der Waals surface area contributed by atoms with Crippen LogP contribution in [0, 0.1) is 6.92 Å². The molecular formula is C5H7Cl2NO. The van der Waals surface area contributed by atoms with Gasteiger partial charge in [-0.3, -0.25) is 0 Å². The maximum atomic E-state index is 5.41. The second-order valence-corrected chi connectivity index (χ2v) is 1.75. The van der Waals surface area contributed by atoms with E-state index in [-0.39, 0.29) is 12.4 Å². The second kappa shape index (κ2) is 3.75. The number of nitrogens with zero attached hydrogens (tertiary/aromatic N) is 1. The van der Waals surface area contributed by atoms with Crippen LogP contribution in [0.3, 0.4) is 0 Å². The first-order valence-electron chi connectivity index (χ1n) is 2.30. The van der Waals surface area contributed by atoms with Crippen molar-refractivity contribution >= 4 is 24.0 Å². The summed E-state index contributed by atoms with van der Waals surface area (Å²) < 4.78 is 4.99. The van der Waals surface area contributed by atoms with Crippen LogP contribution in [-0.2, 0) is 5.88 Å². The van der Waals surface area contributed by atoms with Crippen molar-refractivity contribution in [3.05, 3.63) is 17.8 Å². The average Bonchev–Trinajstić information content (AvgIpc) is 2.14. The predicted molar refractivity (Wildman–Crippen MR) is 38.0 cm³/mol. The molecule has 0 saturated heterocycles. The molecule has 0 unspecified atom stereocenters. The van der Waals surface area contributed by atoms with Crippen molar-refractivity contribution in [1.82, 2.24) is 4.98 Å². The van der Waals surface area contributed by atoms with E-state index in [0.717, 1.165) is 5.76 Å². The van der Waals surface area contributed by atoms with Crippen LogP contribution in [0.2, 0.25) is 0 Å². The molecule has 0 amide bonds. The van der Waals surface area contributed by atoms with Gasteiger partial charge in [0.05, 0.1) is 12.1 Å². The second-order valence-electron chi connectivity index (χ2n) is 1.48. The van der Waals surface area contributed by atoms with Crippen molar-refractivity contribution in [3.8, 4) is 0 Å². The first-order chi connectivity index (χ1) is 3.83. The van der Waals surface area contributed by atoms with Crippen molar-refractivity contribution in [1.29, 1.82) is 0 Å². The maximum Gasteiger partial charge on any atom is 0.191 e. The molecule has 9 heavy (non-hydrogen) atoms. The molecule has 0 fully saturated rings. The van der Waals surface area contributed by atoms with Crippen LogP contribution in [0.4, 0.5) is 0 Å². The van der Waals surface area contributed by atoms with Gasteiger partial charge in [-0.15, -0.1) is 24.0 Å². The van der Waals surface area contributed by atoms with E-state index in [4.69, 9.17) is 16.0 Å². The van der Waals surface area contributed by atoms with E-state index in [1.807, 2.05) is 0 Å². The van der Waals surface area contributed by atoms with E-state index in [1.165, 1.54) is 0 Å². The number of alkyl halides is 1. The Labute approximate surface area is 64.6 Å². The van der Waals surface area contributed by atoms with Crippen LogP contribution in [-0.4, -0.2) is 4.98 Å². The minimum absolute atomic E-state index is 0. The summed E-state index contributed by atoms with van der Waals surface area (Å²) in [6.07, 6.45) is 1.63. The molecule has 0 N–H and O–H groups in total. The van der Waals surface area contributed by atoms with Crippen molar-refractivity contribution in [3.63, 3.8) is 0 Å². The Bertz CT molecular complexity index is 175. The van der Waals surface area contributed by atoms with Crippen LogP contribution in [0.5, 0.6) is 0 Å². The summed E-state index contributed by atoms with van der Waals surface area (Å²) in [5.74, 6) is 1.80. The molecule has 0 aliphatic rings. The lowest BCUT2D eigenvalue weighted by atomic mass is 10.6. The van der Waals surface area contributed by atoms with Crippen LogP contribution in [0.15, 0.2) is 10.6 Å². The molecule has 0 aliphatic carbocycles. The van der Waals surface area contributed by atoms with E-state index >= 15 is 0 Å². The highest BCUT2D eigenvalue weighted by molar-refractivity contribution is 6.16. The molecule has 0 aliphatic heterocycles. The first kappa shape index (κ1) is 8.79. The van der Waals surface area contributed by atoms with Crippen molar-refractivity contribution < 1.29 is 4.42 Å². The van der Waals surface area contributed by atoms with E-state index in [9.17, 15) is 0 Å². The molecule has 0 spiro atoms. The summed E-state index contributed by atoms with van der Waals surface area (Å²) in [5.41, 5.74) is 0. The Hall–Kier alpha value is -0.210. The zero-order valence-electron chi connectivity index (χ0n) is 4.93. The van der Waals surface area contributed by atoms with E-state index in [1.54, 1.807) is 13.1 Å². The topological polar surface area (TPSA) is 26.0 Å². The van der Waals surface area contributed by atoms with Gasteiger partial charge >= 0.3 is 0 Å². The molecule has 0 atom stereocenters. The van der Waals surface area contributed by atoms with E-state index < -0.39 is 0 Å². The Morgan fingerprint density at radius 2 is 2.44 bits per heavy atom. The number of hydrogen-bond donors (Lipinski definition) is 0. The molecule has 0 radical (unpaired) electrons. The SMILES string of the molecule is Cc1ncc(CCl)o1.Cl. The number of halogens is 2. The quantitative estimate of drug-likeness (QED) is 0.600. The van der Waals surface area contributed by atoms with Gasteiger partial charge in [0.15, 0.2) is 5.89 Å². The summed E-state index contributed by atoms with van der Waals surface area (Å²) in [6.45, 7) is 1.79. The molecule has 1 aromatic rings. The summed E-state index contributed by atoms with van der Waals surface area (Å²) >= 11 is 5.41. The smallest absolute Gasteiger partial charge is 0.191 e. The number of hydrogen-bond acceptors (Lipinski definition) is 2. The third-order valence-electron chi connectivity index (χ3n) is 0.801. The Morgan fingerprint density at radius 1 is 1.78 bits per heavy atom. The van der Waals surface area contributed by atoms with Crippen LogP contribution in [0.25, 0.3) is 0 Å². The lowest BCUT2D eigenvalue weighted by Gasteiger charge is -1.79. The minimum Gasteiger partial charge on any atom is -0.445 e. The Balaban J connectivity index is 0.000000640. The van der Waals surface area contributed by atoms with Crippen LogP contribution in [0.1, 0.15) is 11.7 Å². The molecular weight excluding hydrogens is 161 g/mol. The molecule has 4 heteroatoms. The largest absolute Gasteiger partial charge is 0.445 e. The van der Waals surface area contributed by atoms with Crippen molar-refractivity contribution in [2.75, 3.05) is 0 Å². The van der Waals surface area contributed by atoms with Gasteiger partial charge in [-0.05, 0) is 0 Å². The first-order valence-corrected chi connectivity index (χ1v) is 2.83. The van der Waals surface area contributed by atoms with Gasteiger partial charge in [0.2, 0.25) is 0 Å². The van der Waals surface area contributed by atoms with Gasteiger partial charge in [0, 0.05) is 6.92 Å². The lowest BCUT2D eigenvalue weighted by Crippen LogP contribution is -1.64. The molecule has 52 valence electrons. The van der Waals surface area contributed by atoms with E-state index in [2.05, 4.69) is 4.98 Å². The molecule has 2 nitrogen and oxygen atoms in total. The summed E-state index contributed by atoms with van der Waals surface area (Å²) in [7, 11) is 0. The highest BCUT2D eigenvalue weighted by Gasteiger charge is 1.94. The molecule has 0 bridgehead atoms. The number of aromatic nitrogens is 1. The standard InChI is InChI=1S/C5H6ClNO.ClH/c1-4-7-3-5(2-6)8-4;/h3H,2H2,1H3;1H. The molecule has 0 saturated carbocycles. The minimum atomic E-state index is 0. The normalized spacial score (nSPS) is 8.67. The average molecular weight is 168 g/mol. The lowest BCUT2D eigenvalue weighted by molar-refractivity contribution is 0.490. The summed E-state index contributed by atoms with van der Waals surface area (Å²) in [4.78, 5) is 3.84. The van der Waals surface area contributed by atoms with Gasteiger partial charge in [0.25, 0.3) is 0 Å². The van der Waals surface area contributed by atoms with Crippen molar-refractivity contribution in [2.45, 2.75) is 12.8 Å². The Morgan fingerprint density at radius 3 is 2.67 bits per heavy atom. The van der Waals surface area contributed by atoms with Gasteiger partial charge < -0.3 is 4.42 Å². The fourth-order valence-corrected chi connectivity index (χ4v) is 0.591. The fourth-order valence-electron chi connectivity index (χ4n) is 0.467. The third-order valence-corrected chi connectivity index (χ3v) is 1.06. The molecule has 1 rings (SSSR count).